The van der Waals surface area contributed by atoms with Gasteiger partial charge in [0.15, 0.2) is 0 Å². The summed E-state index contributed by atoms with van der Waals surface area (Å²) >= 11 is 0. The Kier molecular flexibility index (Phi) is 3.64. The van der Waals surface area contributed by atoms with Crippen LogP contribution in [0, 0.1) is 17.8 Å². The summed E-state index contributed by atoms with van der Waals surface area (Å²) < 4.78 is 0. The largest absolute Gasteiger partial charge is 0.481 e. The molecule has 2 unspecified atom stereocenters. The van der Waals surface area contributed by atoms with E-state index in [-0.39, 0.29) is 18.2 Å². The molecule has 1 amide bonds. The first-order valence-electron chi connectivity index (χ1n) is 6.94. The van der Waals surface area contributed by atoms with Crippen molar-refractivity contribution < 1.29 is 14.7 Å². The Morgan fingerprint density at radius 2 is 1.78 bits per heavy atom. The van der Waals surface area contributed by atoms with Gasteiger partial charge < -0.3 is 10.4 Å². The second-order valence-electron chi connectivity index (χ2n) is 6.40. The van der Waals surface area contributed by atoms with E-state index in [1.165, 1.54) is 25.7 Å². The Hall–Kier alpha value is -1.06. The average Bonchev–Trinajstić information content (AvgIpc) is 3.00. The standard InChI is InChI=1S/C14H23NO3/c1-14(2,8-7-11(16)17)15-13(18)12-9-5-3-4-6-10(9)12/h9-10,12H,3-8H2,1-2H3,(H,15,18)(H,16,17). The summed E-state index contributed by atoms with van der Waals surface area (Å²) in [5.74, 6) is 0.749. The zero-order valence-electron chi connectivity index (χ0n) is 11.2. The maximum Gasteiger partial charge on any atom is 0.303 e. The molecule has 0 heterocycles. The van der Waals surface area contributed by atoms with E-state index in [9.17, 15) is 9.59 Å². The van der Waals surface area contributed by atoms with E-state index in [1.54, 1.807) is 0 Å². The summed E-state index contributed by atoms with van der Waals surface area (Å²) in [4.78, 5) is 22.7. The molecule has 0 spiro atoms. The average molecular weight is 253 g/mol. The summed E-state index contributed by atoms with van der Waals surface area (Å²) in [7, 11) is 0. The van der Waals surface area contributed by atoms with Gasteiger partial charge in [0, 0.05) is 17.9 Å². The summed E-state index contributed by atoms with van der Waals surface area (Å²) in [6, 6.07) is 0. The Bertz CT molecular complexity index is 339. The molecule has 0 radical (unpaired) electrons. The SMILES string of the molecule is CC(C)(CCC(=O)O)NC(=O)C1C2CCCCC21. The van der Waals surface area contributed by atoms with Gasteiger partial charge in [-0.2, -0.15) is 0 Å². The molecule has 0 bridgehead atoms. The van der Waals surface area contributed by atoms with Crippen LogP contribution < -0.4 is 5.32 Å². The van der Waals surface area contributed by atoms with Gasteiger partial charge in [0.1, 0.15) is 0 Å². The van der Waals surface area contributed by atoms with Crippen molar-refractivity contribution in [2.24, 2.45) is 17.8 Å². The molecule has 0 aromatic rings. The first-order chi connectivity index (χ1) is 8.41. The molecule has 0 aromatic carbocycles. The van der Waals surface area contributed by atoms with Crippen LogP contribution in [0.25, 0.3) is 0 Å². The molecule has 2 N–H and O–H groups in total. The van der Waals surface area contributed by atoms with Crippen LogP contribution in [0.1, 0.15) is 52.4 Å². The predicted molar refractivity (Wildman–Crippen MR) is 68.0 cm³/mol. The van der Waals surface area contributed by atoms with Crippen LogP contribution in [0.15, 0.2) is 0 Å². The summed E-state index contributed by atoms with van der Waals surface area (Å²) in [6.45, 7) is 3.81. The lowest BCUT2D eigenvalue weighted by Crippen LogP contribution is -2.44. The number of nitrogens with one attached hydrogen (secondary N) is 1. The van der Waals surface area contributed by atoms with Crippen molar-refractivity contribution in [1.29, 1.82) is 0 Å². The normalized spacial score (nSPS) is 30.4. The van der Waals surface area contributed by atoms with Gasteiger partial charge >= 0.3 is 5.97 Å². The lowest BCUT2D eigenvalue weighted by molar-refractivity contribution is -0.138. The number of carboxylic acid groups (broad SMARTS) is 1. The fourth-order valence-corrected chi connectivity index (χ4v) is 3.28. The van der Waals surface area contributed by atoms with Crippen LogP contribution >= 0.6 is 0 Å². The highest BCUT2D eigenvalue weighted by Gasteiger charge is 2.55. The first-order valence-corrected chi connectivity index (χ1v) is 6.94. The number of amides is 1. The minimum atomic E-state index is -0.808. The lowest BCUT2D eigenvalue weighted by atomic mass is 9.98. The highest BCUT2D eigenvalue weighted by Crippen LogP contribution is 2.55. The molecule has 18 heavy (non-hydrogen) atoms. The third kappa shape index (κ3) is 3.03. The predicted octanol–water partition coefficient (Wildman–Crippen LogP) is 2.18. The number of hydrogen-bond donors (Lipinski definition) is 2. The number of rotatable bonds is 5. The highest BCUT2D eigenvalue weighted by molar-refractivity contribution is 5.83. The molecule has 4 nitrogen and oxygen atoms in total. The number of carbonyl (C=O) groups is 2. The molecule has 0 aromatic heterocycles. The highest BCUT2D eigenvalue weighted by atomic mass is 16.4. The van der Waals surface area contributed by atoms with E-state index < -0.39 is 11.5 Å². The summed E-state index contributed by atoms with van der Waals surface area (Å²) in [6.07, 6.45) is 5.48. The fourth-order valence-electron chi connectivity index (χ4n) is 3.28. The van der Waals surface area contributed by atoms with Gasteiger partial charge in [-0.15, -0.1) is 0 Å². The third-order valence-electron chi connectivity index (χ3n) is 4.38. The number of carbonyl (C=O) groups excluding carboxylic acids is 1. The molecule has 2 aliphatic rings. The van der Waals surface area contributed by atoms with Crippen molar-refractivity contribution >= 4 is 11.9 Å². The molecule has 2 aliphatic carbocycles. The first kappa shape index (κ1) is 13.4. The van der Waals surface area contributed by atoms with Gasteiger partial charge in [-0.25, -0.2) is 0 Å². The van der Waals surface area contributed by atoms with E-state index in [0.717, 1.165) is 0 Å². The van der Waals surface area contributed by atoms with Gasteiger partial charge in [0.2, 0.25) is 5.91 Å². The minimum Gasteiger partial charge on any atom is -0.481 e. The van der Waals surface area contributed by atoms with Crippen molar-refractivity contribution in [3.63, 3.8) is 0 Å². The van der Waals surface area contributed by atoms with E-state index in [2.05, 4.69) is 5.32 Å². The Morgan fingerprint density at radius 3 is 2.28 bits per heavy atom. The summed E-state index contributed by atoms with van der Waals surface area (Å²) in [5, 5.41) is 11.7. The second-order valence-corrected chi connectivity index (χ2v) is 6.40. The smallest absolute Gasteiger partial charge is 0.303 e. The van der Waals surface area contributed by atoms with E-state index in [4.69, 9.17) is 5.11 Å². The third-order valence-corrected chi connectivity index (χ3v) is 4.38. The zero-order valence-corrected chi connectivity index (χ0v) is 11.2. The van der Waals surface area contributed by atoms with Crippen molar-refractivity contribution in [1.82, 2.24) is 5.32 Å². The van der Waals surface area contributed by atoms with E-state index >= 15 is 0 Å². The maximum atomic E-state index is 12.2. The molecule has 2 rings (SSSR count). The van der Waals surface area contributed by atoms with Crippen LogP contribution in [0.2, 0.25) is 0 Å². The Labute approximate surface area is 108 Å². The number of aliphatic carboxylic acids is 1. The van der Waals surface area contributed by atoms with E-state index in [0.29, 0.717) is 18.3 Å². The molecule has 0 saturated heterocycles. The molecule has 102 valence electrons. The zero-order chi connectivity index (χ0) is 13.3. The second kappa shape index (κ2) is 4.90. The monoisotopic (exact) mass is 253 g/mol. The van der Waals surface area contributed by atoms with Crippen LogP contribution in [-0.4, -0.2) is 22.5 Å². The number of carboxylic acids is 1. The van der Waals surface area contributed by atoms with Gasteiger partial charge in [-0.3, -0.25) is 9.59 Å². The summed E-state index contributed by atoms with van der Waals surface area (Å²) in [5.41, 5.74) is -0.415. The fraction of sp³-hybridized carbons (Fsp3) is 0.857. The van der Waals surface area contributed by atoms with Crippen LogP contribution in [0.5, 0.6) is 0 Å². The van der Waals surface area contributed by atoms with Crippen molar-refractivity contribution in [3.8, 4) is 0 Å². The van der Waals surface area contributed by atoms with E-state index in [1.807, 2.05) is 13.8 Å². The van der Waals surface area contributed by atoms with Crippen LogP contribution in [0.4, 0.5) is 0 Å². The molecule has 2 fully saturated rings. The molecule has 2 saturated carbocycles. The van der Waals surface area contributed by atoms with Gasteiger partial charge in [-0.05, 0) is 44.9 Å². The van der Waals surface area contributed by atoms with Crippen molar-refractivity contribution in [3.05, 3.63) is 0 Å². The molecular formula is C14H23NO3. The number of fused-ring (bicyclic) bond motifs is 1. The maximum absolute atomic E-state index is 12.2. The minimum absolute atomic E-state index is 0.102. The lowest BCUT2D eigenvalue weighted by Gasteiger charge is -2.25. The van der Waals surface area contributed by atoms with Crippen LogP contribution in [0.3, 0.4) is 0 Å². The van der Waals surface area contributed by atoms with Crippen molar-refractivity contribution in [2.75, 3.05) is 0 Å². The molecule has 2 atom stereocenters. The quantitative estimate of drug-likeness (QED) is 0.789. The molecular weight excluding hydrogens is 230 g/mol. The van der Waals surface area contributed by atoms with Crippen molar-refractivity contribution in [2.45, 2.75) is 57.9 Å². The van der Waals surface area contributed by atoms with Crippen LogP contribution in [-0.2, 0) is 9.59 Å². The van der Waals surface area contributed by atoms with Gasteiger partial charge in [-0.1, -0.05) is 12.8 Å². The van der Waals surface area contributed by atoms with Gasteiger partial charge in [0.25, 0.3) is 0 Å². The Morgan fingerprint density at radius 1 is 1.22 bits per heavy atom. The molecule has 0 aliphatic heterocycles. The topological polar surface area (TPSA) is 66.4 Å². The molecule has 4 heteroatoms. The van der Waals surface area contributed by atoms with Gasteiger partial charge in [0.05, 0.1) is 0 Å². The Balaban J connectivity index is 1.82. The number of hydrogen-bond acceptors (Lipinski definition) is 2.